The molecule has 6 nitrogen and oxygen atoms in total. The molecule has 0 bridgehead atoms. The second-order valence-corrected chi connectivity index (χ2v) is 8.26. The maximum absolute atomic E-state index is 12.9. The Balaban J connectivity index is 1.50. The number of rotatable bonds is 5. The van der Waals surface area contributed by atoms with E-state index in [1.807, 2.05) is 36.2 Å². The van der Waals surface area contributed by atoms with Gasteiger partial charge in [0.05, 0.1) is 18.7 Å². The zero-order valence-electron chi connectivity index (χ0n) is 15.9. The van der Waals surface area contributed by atoms with Crippen LogP contribution in [0.25, 0.3) is 0 Å². The SMILES string of the molecule is Cc1cccc(C(=O)NC(C2CCCCC2)C2CN(C3(C#N)CC3)N=N2)c1. The van der Waals surface area contributed by atoms with Crippen LogP contribution in [-0.4, -0.2) is 35.1 Å². The predicted octanol–water partition coefficient (Wildman–Crippen LogP) is 3.78. The number of hydrogen-bond donors (Lipinski definition) is 1. The van der Waals surface area contributed by atoms with E-state index in [2.05, 4.69) is 21.7 Å². The van der Waals surface area contributed by atoms with E-state index >= 15 is 0 Å². The minimum atomic E-state index is -0.448. The first kappa shape index (κ1) is 18.0. The molecule has 2 atom stereocenters. The van der Waals surface area contributed by atoms with Crippen LogP contribution >= 0.6 is 0 Å². The first-order valence-electron chi connectivity index (χ1n) is 10.1. The molecule has 27 heavy (non-hydrogen) atoms. The summed E-state index contributed by atoms with van der Waals surface area (Å²) in [4.78, 5) is 12.9. The fourth-order valence-electron chi connectivity index (χ4n) is 4.41. The lowest BCUT2D eigenvalue weighted by Gasteiger charge is -2.33. The van der Waals surface area contributed by atoms with E-state index in [0.29, 0.717) is 18.0 Å². The van der Waals surface area contributed by atoms with Gasteiger partial charge in [-0.25, -0.2) is 0 Å². The molecule has 2 unspecified atom stereocenters. The molecular formula is C21H27N5O. The summed E-state index contributed by atoms with van der Waals surface area (Å²) in [6.07, 6.45) is 7.64. The standard InChI is InChI=1S/C21H27N5O/c1-15-6-5-9-17(12-15)20(27)23-19(16-7-3-2-4-8-16)18-13-26(25-24-18)21(14-22)10-11-21/h5-6,9,12,16,18-19H,2-4,7-8,10-11,13H2,1H3,(H,23,27). The van der Waals surface area contributed by atoms with Gasteiger partial charge in [-0.3, -0.25) is 9.80 Å². The Morgan fingerprint density at radius 3 is 2.78 bits per heavy atom. The van der Waals surface area contributed by atoms with Gasteiger partial charge in [0.1, 0.15) is 11.6 Å². The summed E-state index contributed by atoms with van der Waals surface area (Å²) in [5.41, 5.74) is 1.32. The average Bonchev–Trinajstić information content (AvgIpc) is 3.35. The van der Waals surface area contributed by atoms with Gasteiger partial charge in [0.25, 0.3) is 5.91 Å². The van der Waals surface area contributed by atoms with Crippen LogP contribution in [0.3, 0.4) is 0 Å². The topological polar surface area (TPSA) is 80.9 Å². The van der Waals surface area contributed by atoms with Gasteiger partial charge in [-0.2, -0.15) is 10.4 Å². The molecule has 1 N–H and O–H groups in total. The fraction of sp³-hybridized carbons (Fsp3) is 0.619. The van der Waals surface area contributed by atoms with Crippen molar-refractivity contribution in [2.45, 2.75) is 69.5 Å². The number of nitrogens with zero attached hydrogens (tertiary/aromatic N) is 4. The van der Waals surface area contributed by atoms with Crippen LogP contribution < -0.4 is 5.32 Å². The first-order chi connectivity index (χ1) is 13.1. The lowest BCUT2D eigenvalue weighted by molar-refractivity contribution is 0.0898. The molecule has 1 aromatic carbocycles. The molecule has 0 radical (unpaired) electrons. The van der Waals surface area contributed by atoms with Crippen molar-refractivity contribution in [3.05, 3.63) is 35.4 Å². The lowest BCUT2D eigenvalue weighted by atomic mass is 9.81. The number of carbonyl (C=O) groups excluding carboxylic acids is 1. The third-order valence-corrected chi connectivity index (χ3v) is 6.24. The maximum Gasteiger partial charge on any atom is 0.251 e. The third-order valence-electron chi connectivity index (χ3n) is 6.24. The minimum absolute atomic E-state index is 0.0263. The highest BCUT2D eigenvalue weighted by Gasteiger charge is 2.52. The largest absolute Gasteiger partial charge is 0.347 e. The number of aryl methyl sites for hydroxylation is 1. The van der Waals surface area contributed by atoms with E-state index < -0.39 is 5.54 Å². The molecule has 1 amide bonds. The van der Waals surface area contributed by atoms with Crippen LogP contribution in [0.2, 0.25) is 0 Å². The highest BCUT2D eigenvalue weighted by Crippen LogP contribution is 2.43. The van der Waals surface area contributed by atoms with Gasteiger partial charge >= 0.3 is 0 Å². The third kappa shape index (κ3) is 3.69. The smallest absolute Gasteiger partial charge is 0.251 e. The maximum atomic E-state index is 12.9. The molecule has 6 heteroatoms. The Morgan fingerprint density at radius 2 is 2.11 bits per heavy atom. The van der Waals surface area contributed by atoms with Gasteiger partial charge in [0, 0.05) is 5.56 Å². The Labute approximate surface area is 160 Å². The molecule has 1 aromatic rings. The Hall–Kier alpha value is -2.42. The van der Waals surface area contributed by atoms with Crippen molar-refractivity contribution >= 4 is 5.91 Å². The number of hydrogen-bond acceptors (Lipinski definition) is 5. The zero-order chi connectivity index (χ0) is 18.9. The van der Waals surface area contributed by atoms with Crippen LogP contribution in [0.4, 0.5) is 0 Å². The molecule has 0 aromatic heterocycles. The normalized spacial score (nSPS) is 25.0. The van der Waals surface area contributed by atoms with E-state index in [1.54, 1.807) is 0 Å². The molecule has 2 saturated carbocycles. The second-order valence-electron chi connectivity index (χ2n) is 8.26. The fourth-order valence-corrected chi connectivity index (χ4v) is 4.41. The van der Waals surface area contributed by atoms with Crippen molar-refractivity contribution < 1.29 is 4.79 Å². The summed E-state index contributed by atoms with van der Waals surface area (Å²) in [7, 11) is 0. The van der Waals surface area contributed by atoms with E-state index in [4.69, 9.17) is 0 Å². The summed E-state index contributed by atoms with van der Waals surface area (Å²) in [6.45, 7) is 2.62. The van der Waals surface area contributed by atoms with E-state index in [0.717, 1.165) is 31.2 Å². The summed E-state index contributed by atoms with van der Waals surface area (Å²) in [5.74, 6) is 0.387. The van der Waals surface area contributed by atoms with Crippen molar-refractivity contribution in [3.8, 4) is 6.07 Å². The van der Waals surface area contributed by atoms with Gasteiger partial charge < -0.3 is 5.32 Å². The van der Waals surface area contributed by atoms with Gasteiger partial charge in [-0.15, -0.1) is 0 Å². The molecule has 4 rings (SSSR count). The van der Waals surface area contributed by atoms with Gasteiger partial charge in [0.15, 0.2) is 0 Å². The second kappa shape index (κ2) is 7.30. The molecule has 2 aliphatic carbocycles. The highest BCUT2D eigenvalue weighted by molar-refractivity contribution is 5.94. The number of nitrogens with one attached hydrogen (secondary N) is 1. The van der Waals surface area contributed by atoms with Crippen LogP contribution in [0.15, 0.2) is 34.6 Å². The lowest BCUT2D eigenvalue weighted by Crippen LogP contribution is -2.50. The molecule has 142 valence electrons. The molecule has 3 aliphatic rings. The number of amides is 1. The number of nitriles is 1. The summed E-state index contributed by atoms with van der Waals surface area (Å²) >= 11 is 0. The van der Waals surface area contributed by atoms with Crippen molar-refractivity contribution in [1.82, 2.24) is 10.3 Å². The summed E-state index contributed by atoms with van der Waals surface area (Å²) in [6, 6.07) is 9.98. The van der Waals surface area contributed by atoms with E-state index in [1.165, 1.54) is 19.3 Å². The zero-order valence-corrected chi connectivity index (χ0v) is 15.9. The Bertz CT molecular complexity index is 773. The number of carbonyl (C=O) groups is 1. The molecule has 1 heterocycles. The Morgan fingerprint density at radius 1 is 1.33 bits per heavy atom. The van der Waals surface area contributed by atoms with Crippen molar-refractivity contribution in [1.29, 1.82) is 5.26 Å². The molecule has 1 aliphatic heterocycles. The average molecular weight is 365 g/mol. The number of benzene rings is 1. The van der Waals surface area contributed by atoms with E-state index in [9.17, 15) is 10.1 Å². The monoisotopic (exact) mass is 365 g/mol. The quantitative estimate of drug-likeness (QED) is 0.862. The molecule has 2 fully saturated rings. The summed E-state index contributed by atoms with van der Waals surface area (Å²) < 4.78 is 0. The van der Waals surface area contributed by atoms with E-state index in [-0.39, 0.29) is 18.0 Å². The Kier molecular flexibility index (Phi) is 4.86. The van der Waals surface area contributed by atoms with Crippen LogP contribution in [0.1, 0.15) is 60.9 Å². The minimum Gasteiger partial charge on any atom is -0.347 e. The first-order valence-corrected chi connectivity index (χ1v) is 10.1. The van der Waals surface area contributed by atoms with Gasteiger partial charge in [-0.05, 0) is 50.7 Å². The predicted molar refractivity (Wildman–Crippen MR) is 102 cm³/mol. The van der Waals surface area contributed by atoms with Crippen LogP contribution in [-0.2, 0) is 0 Å². The van der Waals surface area contributed by atoms with Crippen LogP contribution in [0.5, 0.6) is 0 Å². The van der Waals surface area contributed by atoms with Crippen LogP contribution in [0, 0.1) is 24.2 Å². The van der Waals surface area contributed by atoms with Crippen molar-refractivity contribution in [3.63, 3.8) is 0 Å². The molecule has 0 spiro atoms. The van der Waals surface area contributed by atoms with Crippen molar-refractivity contribution in [2.24, 2.45) is 16.3 Å². The van der Waals surface area contributed by atoms with Crippen molar-refractivity contribution in [2.75, 3.05) is 6.54 Å². The highest BCUT2D eigenvalue weighted by atomic mass is 16.1. The van der Waals surface area contributed by atoms with Gasteiger partial charge in [0.2, 0.25) is 0 Å². The van der Waals surface area contributed by atoms with Gasteiger partial charge in [-0.1, -0.05) is 42.2 Å². The molecule has 0 saturated heterocycles. The summed E-state index contributed by atoms with van der Waals surface area (Å²) in [5, 5.41) is 23.4. The molecular weight excluding hydrogens is 338 g/mol.